The first kappa shape index (κ1) is 16.7. The quantitative estimate of drug-likeness (QED) is 0.570. The summed E-state index contributed by atoms with van der Waals surface area (Å²) in [6.07, 6.45) is 0.864. The maximum Gasteiger partial charge on any atom is 0.306 e. The van der Waals surface area contributed by atoms with Crippen molar-refractivity contribution in [1.29, 1.82) is 5.26 Å². The van der Waals surface area contributed by atoms with Crippen molar-refractivity contribution in [3.8, 4) is 23.3 Å². The summed E-state index contributed by atoms with van der Waals surface area (Å²) in [5.41, 5.74) is 1.57. The van der Waals surface area contributed by atoms with Gasteiger partial charge in [0.05, 0.1) is 11.6 Å². The fourth-order valence-electron chi connectivity index (χ4n) is 2.36. The van der Waals surface area contributed by atoms with Gasteiger partial charge in [-0.3, -0.25) is 4.79 Å². The molecule has 0 atom stereocenters. The highest BCUT2D eigenvalue weighted by Crippen LogP contribution is 2.32. The van der Waals surface area contributed by atoms with Gasteiger partial charge in [0.2, 0.25) is 6.79 Å². The number of benzene rings is 2. The van der Waals surface area contributed by atoms with Gasteiger partial charge in [-0.25, -0.2) is 0 Å². The molecule has 0 spiro atoms. The van der Waals surface area contributed by atoms with E-state index in [0.717, 1.165) is 11.3 Å². The number of carbonyl (C=O) groups excluding carboxylic acids is 1. The van der Waals surface area contributed by atoms with Crippen molar-refractivity contribution < 1.29 is 23.7 Å². The Morgan fingerprint density at radius 2 is 1.88 bits per heavy atom. The van der Waals surface area contributed by atoms with Gasteiger partial charge < -0.3 is 18.9 Å². The lowest BCUT2D eigenvalue weighted by molar-refractivity contribution is -0.144. The van der Waals surface area contributed by atoms with E-state index in [1.807, 2.05) is 24.3 Å². The summed E-state index contributed by atoms with van der Waals surface area (Å²) in [6.45, 7) is 0.682. The Kier molecular flexibility index (Phi) is 5.37. The minimum absolute atomic E-state index is 0.181. The zero-order chi connectivity index (χ0) is 17.5. The maximum atomic E-state index is 11.8. The standard InChI is InChI=1S/C19H17NO5/c20-12-15-1-5-16(6-2-15)22-9-10-23-19(21)8-4-14-3-7-17-18(11-14)25-13-24-17/h1-3,5-7,11H,4,8-10,13H2. The normalized spacial score (nSPS) is 11.6. The molecule has 1 heterocycles. The Morgan fingerprint density at radius 3 is 2.68 bits per heavy atom. The zero-order valence-corrected chi connectivity index (χ0v) is 13.6. The molecule has 0 aromatic heterocycles. The highest BCUT2D eigenvalue weighted by atomic mass is 16.7. The zero-order valence-electron chi connectivity index (χ0n) is 13.6. The van der Waals surface area contributed by atoms with Gasteiger partial charge in [-0.05, 0) is 48.4 Å². The third-order valence-electron chi connectivity index (χ3n) is 3.65. The fraction of sp³-hybridized carbons (Fsp3) is 0.263. The number of carbonyl (C=O) groups is 1. The van der Waals surface area contributed by atoms with Gasteiger partial charge in [-0.15, -0.1) is 0 Å². The van der Waals surface area contributed by atoms with Crippen LogP contribution in [-0.2, 0) is 16.0 Å². The number of hydrogen-bond acceptors (Lipinski definition) is 6. The van der Waals surface area contributed by atoms with Crippen molar-refractivity contribution in [1.82, 2.24) is 0 Å². The lowest BCUT2D eigenvalue weighted by Crippen LogP contribution is -2.12. The van der Waals surface area contributed by atoms with Gasteiger partial charge in [0.25, 0.3) is 0 Å². The third kappa shape index (κ3) is 4.64. The molecule has 0 unspecified atom stereocenters. The second-order valence-corrected chi connectivity index (χ2v) is 5.39. The number of nitriles is 1. The molecule has 0 saturated carbocycles. The summed E-state index contributed by atoms with van der Waals surface area (Å²) in [5, 5.41) is 8.72. The van der Waals surface area contributed by atoms with E-state index in [1.54, 1.807) is 24.3 Å². The highest BCUT2D eigenvalue weighted by molar-refractivity contribution is 5.69. The molecule has 6 heteroatoms. The number of nitrogens with zero attached hydrogens (tertiary/aromatic N) is 1. The number of ether oxygens (including phenoxy) is 4. The molecule has 1 aliphatic heterocycles. The van der Waals surface area contributed by atoms with Crippen molar-refractivity contribution in [2.75, 3.05) is 20.0 Å². The molecule has 25 heavy (non-hydrogen) atoms. The van der Waals surface area contributed by atoms with Crippen LogP contribution in [0.4, 0.5) is 0 Å². The highest BCUT2D eigenvalue weighted by Gasteiger charge is 2.13. The molecule has 0 bridgehead atoms. The van der Waals surface area contributed by atoms with Crippen LogP contribution in [0.2, 0.25) is 0 Å². The largest absolute Gasteiger partial charge is 0.490 e. The van der Waals surface area contributed by atoms with Crippen molar-refractivity contribution >= 4 is 5.97 Å². The molecule has 6 nitrogen and oxygen atoms in total. The van der Waals surface area contributed by atoms with Crippen LogP contribution in [0.15, 0.2) is 42.5 Å². The molecule has 2 aromatic carbocycles. The van der Waals surface area contributed by atoms with Crippen LogP contribution >= 0.6 is 0 Å². The SMILES string of the molecule is N#Cc1ccc(OCCOC(=O)CCc2ccc3c(c2)OCO3)cc1. The summed E-state index contributed by atoms with van der Waals surface area (Å²) >= 11 is 0. The summed E-state index contributed by atoms with van der Waals surface area (Å²) in [5.74, 6) is 1.80. The van der Waals surface area contributed by atoms with Crippen molar-refractivity contribution in [3.63, 3.8) is 0 Å². The summed E-state index contributed by atoms with van der Waals surface area (Å²) < 4.78 is 21.2. The predicted molar refractivity (Wildman–Crippen MR) is 88.5 cm³/mol. The van der Waals surface area contributed by atoms with E-state index in [2.05, 4.69) is 0 Å². The van der Waals surface area contributed by atoms with E-state index < -0.39 is 0 Å². The lowest BCUT2D eigenvalue weighted by Gasteiger charge is -2.08. The molecular weight excluding hydrogens is 322 g/mol. The van der Waals surface area contributed by atoms with Gasteiger partial charge in [0.1, 0.15) is 19.0 Å². The predicted octanol–water partition coefficient (Wildman–Crippen LogP) is 2.84. The first-order valence-corrected chi connectivity index (χ1v) is 7.92. The van der Waals surface area contributed by atoms with E-state index in [9.17, 15) is 4.79 Å². The van der Waals surface area contributed by atoms with Crippen molar-refractivity contribution in [2.45, 2.75) is 12.8 Å². The molecule has 0 N–H and O–H groups in total. The van der Waals surface area contributed by atoms with E-state index in [0.29, 0.717) is 23.5 Å². The minimum Gasteiger partial charge on any atom is -0.490 e. The second-order valence-electron chi connectivity index (χ2n) is 5.39. The summed E-state index contributed by atoms with van der Waals surface area (Å²) in [6, 6.07) is 14.4. The van der Waals surface area contributed by atoms with Crippen LogP contribution < -0.4 is 14.2 Å². The number of esters is 1. The third-order valence-corrected chi connectivity index (χ3v) is 3.65. The average Bonchev–Trinajstić information content (AvgIpc) is 3.12. The molecular formula is C19H17NO5. The number of hydrogen-bond donors (Lipinski definition) is 0. The van der Waals surface area contributed by atoms with Gasteiger partial charge in [-0.1, -0.05) is 6.07 Å². The van der Waals surface area contributed by atoms with Crippen molar-refractivity contribution in [3.05, 3.63) is 53.6 Å². The monoisotopic (exact) mass is 339 g/mol. The summed E-state index contributed by atoms with van der Waals surface area (Å²) in [7, 11) is 0. The molecule has 0 aliphatic carbocycles. The first-order valence-electron chi connectivity index (χ1n) is 7.92. The Morgan fingerprint density at radius 1 is 1.08 bits per heavy atom. The molecule has 0 fully saturated rings. The Labute approximate surface area is 145 Å². The summed E-state index contributed by atoms with van der Waals surface area (Å²) in [4.78, 5) is 11.8. The molecule has 0 radical (unpaired) electrons. The maximum absolute atomic E-state index is 11.8. The smallest absolute Gasteiger partial charge is 0.306 e. The molecule has 128 valence electrons. The van der Waals surface area contributed by atoms with Crippen LogP contribution in [0.1, 0.15) is 17.5 Å². The molecule has 0 saturated heterocycles. The molecule has 3 rings (SSSR count). The van der Waals surface area contributed by atoms with E-state index in [1.165, 1.54) is 0 Å². The van der Waals surface area contributed by atoms with E-state index >= 15 is 0 Å². The second kappa shape index (κ2) is 8.06. The number of rotatable bonds is 7. The molecule has 2 aromatic rings. The Hall–Kier alpha value is -3.20. The van der Waals surface area contributed by atoms with E-state index in [4.69, 9.17) is 24.2 Å². The Balaban J connectivity index is 1.34. The van der Waals surface area contributed by atoms with Gasteiger partial charge in [0.15, 0.2) is 11.5 Å². The van der Waals surface area contributed by atoms with Crippen LogP contribution in [0.3, 0.4) is 0 Å². The lowest BCUT2D eigenvalue weighted by atomic mass is 10.1. The fourth-order valence-corrected chi connectivity index (χ4v) is 2.36. The molecule has 0 amide bonds. The first-order chi connectivity index (χ1) is 12.2. The van der Waals surface area contributed by atoms with Gasteiger partial charge >= 0.3 is 5.97 Å². The number of aryl methyl sites for hydroxylation is 1. The van der Waals surface area contributed by atoms with Crippen molar-refractivity contribution in [2.24, 2.45) is 0 Å². The molecule has 1 aliphatic rings. The number of fused-ring (bicyclic) bond motifs is 1. The minimum atomic E-state index is -0.277. The average molecular weight is 339 g/mol. The van der Waals surface area contributed by atoms with Gasteiger partial charge in [0, 0.05) is 6.42 Å². The van der Waals surface area contributed by atoms with Crippen LogP contribution in [0.5, 0.6) is 17.2 Å². The van der Waals surface area contributed by atoms with Gasteiger partial charge in [-0.2, -0.15) is 5.26 Å². The van der Waals surface area contributed by atoms with Crippen LogP contribution in [0, 0.1) is 11.3 Å². The van der Waals surface area contributed by atoms with E-state index in [-0.39, 0.29) is 32.4 Å². The topological polar surface area (TPSA) is 77.8 Å². The Bertz CT molecular complexity index is 779. The van der Waals surface area contributed by atoms with Crippen LogP contribution in [-0.4, -0.2) is 26.0 Å². The van der Waals surface area contributed by atoms with Crippen LogP contribution in [0.25, 0.3) is 0 Å².